The lowest BCUT2D eigenvalue weighted by Crippen LogP contribution is -2.43. The molecule has 0 spiro atoms. The van der Waals surface area contributed by atoms with Crippen LogP contribution in [0.15, 0.2) is 48.5 Å². The van der Waals surface area contributed by atoms with Crippen LogP contribution in [-0.4, -0.2) is 50.4 Å². The molecule has 0 saturated carbocycles. The van der Waals surface area contributed by atoms with E-state index < -0.39 is 9.84 Å². The van der Waals surface area contributed by atoms with Gasteiger partial charge in [0.2, 0.25) is 5.91 Å². The summed E-state index contributed by atoms with van der Waals surface area (Å²) in [6.07, 6.45) is 2.03. The van der Waals surface area contributed by atoms with Crippen molar-refractivity contribution in [3.05, 3.63) is 59.7 Å². The van der Waals surface area contributed by atoms with Crippen LogP contribution in [0.25, 0.3) is 0 Å². The van der Waals surface area contributed by atoms with Gasteiger partial charge in [-0.1, -0.05) is 50.2 Å². The third-order valence-corrected chi connectivity index (χ3v) is 8.58. The number of methoxy groups -OCH3 is 1. The number of ether oxygens (including phenoxy) is 2. The molecule has 3 rings (SSSR count). The number of amides is 1. The minimum atomic E-state index is -3.09. The number of piperidine rings is 1. The van der Waals surface area contributed by atoms with E-state index in [1.54, 1.807) is 12.0 Å². The lowest BCUT2D eigenvalue weighted by molar-refractivity contribution is -0.132. The van der Waals surface area contributed by atoms with Gasteiger partial charge in [0.25, 0.3) is 0 Å². The number of sulfone groups is 1. The van der Waals surface area contributed by atoms with E-state index in [4.69, 9.17) is 9.47 Å². The Balaban J connectivity index is 1.53. The quantitative estimate of drug-likeness (QED) is 0.515. The number of carbonyl (C=O) groups excluding carboxylic acids is 1. The highest BCUT2D eigenvalue weighted by Gasteiger charge is 2.31. The smallest absolute Gasteiger partial charge is 0.222 e. The molecule has 1 aliphatic rings. The van der Waals surface area contributed by atoms with Gasteiger partial charge in [-0.25, -0.2) is 8.42 Å². The Morgan fingerprint density at radius 3 is 2.36 bits per heavy atom. The molecular weight excluding hydrogens is 438 g/mol. The van der Waals surface area contributed by atoms with Gasteiger partial charge in [0.05, 0.1) is 18.1 Å². The molecule has 0 radical (unpaired) electrons. The van der Waals surface area contributed by atoms with Crippen LogP contribution in [0.5, 0.6) is 11.5 Å². The molecule has 2 aromatic carbocycles. The highest BCUT2D eigenvalue weighted by Crippen LogP contribution is 2.29. The van der Waals surface area contributed by atoms with Gasteiger partial charge in [-0.2, -0.15) is 0 Å². The fourth-order valence-electron chi connectivity index (χ4n) is 4.20. The third-order valence-electron chi connectivity index (χ3n) is 5.96. The molecule has 1 saturated heterocycles. The maximum atomic E-state index is 12.7. The van der Waals surface area contributed by atoms with Crippen LogP contribution in [-0.2, 0) is 27.7 Å². The maximum absolute atomic E-state index is 12.7. The molecule has 7 heteroatoms. The minimum Gasteiger partial charge on any atom is -0.493 e. The van der Waals surface area contributed by atoms with Crippen molar-refractivity contribution < 1.29 is 22.7 Å². The van der Waals surface area contributed by atoms with Crippen LogP contribution < -0.4 is 9.47 Å². The van der Waals surface area contributed by atoms with Crippen molar-refractivity contribution in [3.63, 3.8) is 0 Å². The zero-order valence-electron chi connectivity index (χ0n) is 19.8. The van der Waals surface area contributed by atoms with Crippen molar-refractivity contribution in [1.29, 1.82) is 0 Å². The fourth-order valence-corrected chi connectivity index (χ4v) is 6.33. The predicted octanol–water partition coefficient (Wildman–Crippen LogP) is 4.27. The average Bonchev–Trinajstić information content (AvgIpc) is 2.81. The lowest BCUT2D eigenvalue weighted by atomic mass is 10.1. The largest absolute Gasteiger partial charge is 0.493 e. The van der Waals surface area contributed by atoms with Crippen molar-refractivity contribution >= 4 is 15.7 Å². The van der Waals surface area contributed by atoms with Crippen LogP contribution in [0.4, 0.5) is 0 Å². The van der Waals surface area contributed by atoms with Crippen molar-refractivity contribution in [3.8, 4) is 11.5 Å². The summed E-state index contributed by atoms with van der Waals surface area (Å²) in [6.45, 7) is 5.30. The summed E-state index contributed by atoms with van der Waals surface area (Å²) in [5.74, 6) is 1.73. The normalized spacial score (nSPS) is 15.0. The average molecular weight is 474 g/mol. The fraction of sp³-hybridized carbons (Fsp3) is 0.500. The molecule has 2 aromatic rings. The van der Waals surface area contributed by atoms with Gasteiger partial charge in [-0.05, 0) is 48.4 Å². The van der Waals surface area contributed by atoms with E-state index >= 15 is 0 Å². The molecule has 0 bridgehead atoms. The van der Waals surface area contributed by atoms with Gasteiger partial charge < -0.3 is 14.4 Å². The Morgan fingerprint density at radius 1 is 1.03 bits per heavy atom. The van der Waals surface area contributed by atoms with Crippen LogP contribution in [0.1, 0.15) is 44.2 Å². The van der Waals surface area contributed by atoms with Gasteiger partial charge in [0.15, 0.2) is 21.3 Å². The lowest BCUT2D eigenvalue weighted by Gasteiger charge is -2.32. The van der Waals surface area contributed by atoms with Gasteiger partial charge in [0, 0.05) is 19.5 Å². The van der Waals surface area contributed by atoms with Gasteiger partial charge in [-0.3, -0.25) is 4.79 Å². The maximum Gasteiger partial charge on any atom is 0.222 e. The zero-order valence-corrected chi connectivity index (χ0v) is 20.6. The predicted molar refractivity (Wildman–Crippen MR) is 130 cm³/mol. The minimum absolute atomic E-state index is 0.0669. The molecule has 1 heterocycles. The van der Waals surface area contributed by atoms with E-state index in [9.17, 15) is 13.2 Å². The van der Waals surface area contributed by atoms with E-state index in [2.05, 4.69) is 0 Å². The number of carbonyl (C=O) groups is 1. The van der Waals surface area contributed by atoms with Crippen molar-refractivity contribution in [2.24, 2.45) is 5.92 Å². The Labute approximate surface area is 197 Å². The number of hydrogen-bond donors (Lipinski definition) is 0. The number of nitrogens with zero attached hydrogens (tertiary/aromatic N) is 1. The standard InChI is InChI=1S/C26H35NO5S/c1-20(2)19-33(29,30)23-13-15-27(16-14-23)26(28)12-10-21-9-11-24(31-3)25(17-21)32-18-22-7-5-4-6-8-22/h4-9,11,17,20,23H,10,12-16,18-19H2,1-3H3. The summed E-state index contributed by atoms with van der Waals surface area (Å²) < 4.78 is 36.4. The molecule has 0 unspecified atom stereocenters. The molecule has 180 valence electrons. The van der Waals surface area contributed by atoms with Gasteiger partial charge >= 0.3 is 0 Å². The first kappa shape index (κ1) is 25.1. The molecule has 1 amide bonds. The van der Waals surface area contributed by atoms with Gasteiger partial charge in [-0.15, -0.1) is 0 Å². The summed E-state index contributed by atoms with van der Waals surface area (Å²) in [4.78, 5) is 14.5. The molecule has 0 atom stereocenters. The Kier molecular flexibility index (Phi) is 8.78. The van der Waals surface area contributed by atoms with Crippen LogP contribution in [0, 0.1) is 5.92 Å². The van der Waals surface area contributed by atoms with E-state index in [0.717, 1.165) is 11.1 Å². The number of aryl methyl sites for hydroxylation is 1. The third kappa shape index (κ3) is 7.22. The van der Waals surface area contributed by atoms with Crippen LogP contribution in [0.2, 0.25) is 0 Å². The first-order chi connectivity index (χ1) is 15.8. The summed E-state index contributed by atoms with van der Waals surface area (Å²) in [5.41, 5.74) is 2.07. The molecule has 0 aromatic heterocycles. The van der Waals surface area contributed by atoms with Crippen molar-refractivity contribution in [2.45, 2.75) is 51.4 Å². The SMILES string of the molecule is COc1ccc(CCC(=O)N2CCC(S(=O)(=O)CC(C)C)CC2)cc1OCc1ccccc1. The summed E-state index contributed by atoms with van der Waals surface area (Å²) in [7, 11) is -1.48. The first-order valence-corrected chi connectivity index (χ1v) is 13.3. The molecule has 1 fully saturated rings. The van der Waals surface area contributed by atoms with E-state index in [-0.39, 0.29) is 22.8 Å². The number of benzene rings is 2. The number of rotatable bonds is 10. The molecule has 0 N–H and O–H groups in total. The topological polar surface area (TPSA) is 72.9 Å². The van der Waals surface area contributed by atoms with Crippen molar-refractivity contribution in [2.75, 3.05) is 26.0 Å². The molecule has 0 aliphatic carbocycles. The van der Waals surface area contributed by atoms with Crippen LogP contribution in [0.3, 0.4) is 0 Å². The van der Waals surface area contributed by atoms with Crippen LogP contribution >= 0.6 is 0 Å². The second-order valence-electron chi connectivity index (χ2n) is 9.06. The number of hydrogen-bond acceptors (Lipinski definition) is 5. The zero-order chi connectivity index (χ0) is 23.8. The Hall–Kier alpha value is -2.54. The van der Waals surface area contributed by atoms with E-state index in [1.807, 2.05) is 62.4 Å². The molecular formula is C26H35NO5S. The monoisotopic (exact) mass is 473 g/mol. The highest BCUT2D eigenvalue weighted by molar-refractivity contribution is 7.92. The molecule has 6 nitrogen and oxygen atoms in total. The van der Waals surface area contributed by atoms with E-state index in [0.29, 0.717) is 56.9 Å². The van der Waals surface area contributed by atoms with Crippen molar-refractivity contribution in [1.82, 2.24) is 4.90 Å². The highest BCUT2D eigenvalue weighted by atomic mass is 32.2. The molecule has 1 aliphatic heterocycles. The second kappa shape index (κ2) is 11.5. The number of likely N-dealkylation sites (tertiary alicyclic amines) is 1. The molecule has 33 heavy (non-hydrogen) atoms. The Bertz CT molecular complexity index is 1010. The Morgan fingerprint density at radius 2 is 1.73 bits per heavy atom. The second-order valence-corrected chi connectivity index (χ2v) is 11.4. The summed E-state index contributed by atoms with van der Waals surface area (Å²) in [5, 5.41) is -0.324. The summed E-state index contributed by atoms with van der Waals surface area (Å²) >= 11 is 0. The van der Waals surface area contributed by atoms with E-state index in [1.165, 1.54) is 0 Å². The summed E-state index contributed by atoms with van der Waals surface area (Å²) in [6, 6.07) is 15.7. The van der Waals surface area contributed by atoms with Gasteiger partial charge in [0.1, 0.15) is 6.61 Å². The first-order valence-electron chi connectivity index (χ1n) is 11.6.